The van der Waals surface area contributed by atoms with Crippen LogP contribution in [0.5, 0.6) is 0 Å². The van der Waals surface area contributed by atoms with Crippen LogP contribution in [0.4, 0.5) is 4.39 Å². The Hall–Kier alpha value is -3.30. The Kier molecular flexibility index (Phi) is 6.79. The first kappa shape index (κ1) is 23.4. The number of thiophene rings is 1. The van der Waals surface area contributed by atoms with Crippen molar-refractivity contribution < 1.29 is 9.18 Å². The molecule has 0 atom stereocenters. The molecule has 2 heterocycles. The number of carbonyl (C=O) groups is 1. The molecule has 1 aliphatic carbocycles. The highest BCUT2D eigenvalue weighted by Crippen LogP contribution is 2.35. The fourth-order valence-electron chi connectivity index (χ4n) is 4.12. The van der Waals surface area contributed by atoms with Gasteiger partial charge in [0.25, 0.3) is 11.5 Å². The van der Waals surface area contributed by atoms with Crippen molar-refractivity contribution in [3.8, 4) is 5.69 Å². The molecule has 0 saturated carbocycles. The molecule has 0 aliphatic heterocycles. The molecule has 0 radical (unpaired) electrons. The van der Waals surface area contributed by atoms with Crippen LogP contribution < -0.4 is 11.0 Å². The van der Waals surface area contributed by atoms with Crippen molar-refractivity contribution in [3.63, 3.8) is 0 Å². The minimum Gasteiger partial charge on any atom is -0.272 e. The summed E-state index contributed by atoms with van der Waals surface area (Å²) >= 11 is 2.76. The monoisotopic (exact) mass is 506 g/mol. The highest BCUT2D eigenvalue weighted by molar-refractivity contribution is 7.99. The quantitative estimate of drug-likeness (QED) is 0.173. The van der Waals surface area contributed by atoms with E-state index in [0.717, 1.165) is 41.6 Å². The lowest BCUT2D eigenvalue weighted by Gasteiger charge is -2.13. The molecule has 0 bridgehead atoms. The number of carbonyl (C=O) groups excluding carboxylic acids is 1. The molecule has 178 valence electrons. The summed E-state index contributed by atoms with van der Waals surface area (Å²) in [5.74, 6) is -0.792. The smallest absolute Gasteiger partial charge is 0.267 e. The van der Waals surface area contributed by atoms with Crippen molar-refractivity contribution in [2.45, 2.75) is 37.8 Å². The predicted octanol–water partition coefficient (Wildman–Crippen LogP) is 5.02. The maximum atomic E-state index is 13.7. The van der Waals surface area contributed by atoms with Crippen molar-refractivity contribution in [3.05, 3.63) is 86.3 Å². The van der Waals surface area contributed by atoms with Crippen molar-refractivity contribution in [2.24, 2.45) is 5.10 Å². The van der Waals surface area contributed by atoms with E-state index in [1.807, 2.05) is 31.2 Å². The number of fused-ring (bicyclic) bond motifs is 3. The SMILES string of the molecule is Cc1ccc(-n2c(SCC(=O)N/N=C/c3ccccc3F)nc3sc4c(c3c2=O)CCCC4)cc1. The Bertz CT molecular complexity index is 1490. The van der Waals surface area contributed by atoms with Crippen LogP contribution in [0.25, 0.3) is 15.9 Å². The van der Waals surface area contributed by atoms with Crippen molar-refractivity contribution in [1.82, 2.24) is 15.0 Å². The molecular weight excluding hydrogens is 483 g/mol. The van der Waals surface area contributed by atoms with Gasteiger partial charge in [-0.3, -0.25) is 14.2 Å². The molecule has 2 aromatic heterocycles. The van der Waals surface area contributed by atoms with E-state index in [2.05, 4.69) is 10.5 Å². The number of halogens is 1. The molecule has 5 rings (SSSR count). The maximum absolute atomic E-state index is 13.7. The van der Waals surface area contributed by atoms with E-state index >= 15 is 0 Å². The van der Waals surface area contributed by atoms with Gasteiger partial charge < -0.3 is 0 Å². The molecule has 1 amide bonds. The Labute approximate surface area is 209 Å². The molecule has 0 fully saturated rings. The minimum atomic E-state index is -0.418. The number of hydrogen-bond acceptors (Lipinski definition) is 6. The molecule has 9 heteroatoms. The van der Waals surface area contributed by atoms with E-state index in [0.29, 0.717) is 16.2 Å². The van der Waals surface area contributed by atoms with Gasteiger partial charge in [0.15, 0.2) is 5.16 Å². The predicted molar refractivity (Wildman–Crippen MR) is 139 cm³/mol. The van der Waals surface area contributed by atoms with E-state index in [4.69, 9.17) is 4.98 Å². The first-order valence-corrected chi connectivity index (χ1v) is 13.1. The van der Waals surface area contributed by atoms with Crippen LogP contribution in [-0.4, -0.2) is 27.4 Å². The number of nitrogens with one attached hydrogen (secondary N) is 1. The molecular formula is C26H23FN4O2S2. The summed E-state index contributed by atoms with van der Waals surface area (Å²) in [6, 6.07) is 13.9. The lowest BCUT2D eigenvalue weighted by Crippen LogP contribution is -2.24. The Morgan fingerprint density at radius 2 is 1.97 bits per heavy atom. The summed E-state index contributed by atoms with van der Waals surface area (Å²) in [7, 11) is 0. The zero-order valence-electron chi connectivity index (χ0n) is 19.1. The number of aromatic nitrogens is 2. The van der Waals surface area contributed by atoms with Gasteiger partial charge in [0, 0.05) is 10.4 Å². The van der Waals surface area contributed by atoms with Crippen LogP contribution in [0.2, 0.25) is 0 Å². The number of thioether (sulfide) groups is 1. The second kappa shape index (κ2) is 10.1. The average Bonchev–Trinajstić information content (AvgIpc) is 3.23. The fourth-order valence-corrected chi connectivity index (χ4v) is 6.23. The van der Waals surface area contributed by atoms with E-state index in [-0.39, 0.29) is 22.8 Å². The van der Waals surface area contributed by atoms with Crippen LogP contribution >= 0.6 is 23.1 Å². The third-order valence-electron chi connectivity index (χ3n) is 5.88. The zero-order valence-corrected chi connectivity index (χ0v) is 20.7. The van der Waals surface area contributed by atoms with Gasteiger partial charge >= 0.3 is 0 Å². The third-order valence-corrected chi connectivity index (χ3v) is 8.01. The van der Waals surface area contributed by atoms with Crippen LogP contribution in [0.15, 0.2) is 63.6 Å². The highest BCUT2D eigenvalue weighted by atomic mass is 32.2. The standard InChI is InChI=1S/C26H23FN4O2S2/c1-16-10-12-18(13-11-16)31-25(33)23-19-7-3-5-9-21(19)35-24(23)29-26(31)34-15-22(32)30-28-14-17-6-2-4-8-20(17)27/h2,4,6,8,10-14H,3,5,7,9,15H2,1H3,(H,30,32)/b28-14+. The van der Waals surface area contributed by atoms with Gasteiger partial charge in [0.1, 0.15) is 10.6 Å². The van der Waals surface area contributed by atoms with E-state index in [1.165, 1.54) is 28.9 Å². The number of hydrazone groups is 1. The molecule has 0 unspecified atom stereocenters. The number of amides is 1. The molecule has 6 nitrogen and oxygen atoms in total. The number of aryl methyl sites for hydroxylation is 3. The summed E-state index contributed by atoms with van der Waals surface area (Å²) < 4.78 is 15.3. The first-order chi connectivity index (χ1) is 17.0. The van der Waals surface area contributed by atoms with Crippen LogP contribution in [0, 0.1) is 12.7 Å². The van der Waals surface area contributed by atoms with Crippen LogP contribution in [-0.2, 0) is 17.6 Å². The largest absolute Gasteiger partial charge is 0.272 e. The Morgan fingerprint density at radius 1 is 1.20 bits per heavy atom. The molecule has 4 aromatic rings. The topological polar surface area (TPSA) is 76.3 Å². The molecule has 2 aromatic carbocycles. The van der Waals surface area contributed by atoms with Crippen molar-refractivity contribution in [1.29, 1.82) is 0 Å². The van der Waals surface area contributed by atoms with Crippen LogP contribution in [0.1, 0.15) is 34.4 Å². The Morgan fingerprint density at radius 3 is 2.77 bits per heavy atom. The molecule has 35 heavy (non-hydrogen) atoms. The minimum absolute atomic E-state index is 0.00348. The maximum Gasteiger partial charge on any atom is 0.267 e. The summed E-state index contributed by atoms with van der Waals surface area (Å²) in [6.45, 7) is 1.99. The Balaban J connectivity index is 1.44. The van der Waals surface area contributed by atoms with Crippen LogP contribution in [0.3, 0.4) is 0 Å². The summed E-state index contributed by atoms with van der Waals surface area (Å²) in [6.07, 6.45) is 5.34. The number of rotatable bonds is 6. The average molecular weight is 507 g/mol. The molecule has 1 N–H and O–H groups in total. The third kappa shape index (κ3) is 4.92. The number of hydrogen-bond donors (Lipinski definition) is 1. The van der Waals surface area contributed by atoms with Gasteiger partial charge in [-0.15, -0.1) is 11.3 Å². The van der Waals surface area contributed by atoms with E-state index in [1.54, 1.807) is 34.1 Å². The van der Waals surface area contributed by atoms with Crippen molar-refractivity contribution >= 4 is 45.4 Å². The zero-order chi connectivity index (χ0) is 24.4. The second-order valence-electron chi connectivity index (χ2n) is 8.36. The fraction of sp³-hybridized carbons (Fsp3) is 0.231. The van der Waals surface area contributed by atoms with Gasteiger partial charge in [-0.2, -0.15) is 5.10 Å². The van der Waals surface area contributed by atoms with Gasteiger partial charge in [0.2, 0.25) is 0 Å². The summed E-state index contributed by atoms with van der Waals surface area (Å²) in [4.78, 5) is 33.0. The molecule has 0 spiro atoms. The van der Waals surface area contributed by atoms with Gasteiger partial charge in [-0.1, -0.05) is 47.7 Å². The summed E-state index contributed by atoms with van der Waals surface area (Å²) in [5.41, 5.74) is 5.53. The second-order valence-corrected chi connectivity index (χ2v) is 10.4. The highest BCUT2D eigenvalue weighted by Gasteiger charge is 2.23. The normalized spacial score (nSPS) is 13.3. The first-order valence-electron chi connectivity index (χ1n) is 11.3. The number of benzene rings is 2. The lowest BCUT2D eigenvalue weighted by atomic mass is 9.97. The van der Waals surface area contributed by atoms with Gasteiger partial charge in [-0.05, 0) is 56.4 Å². The summed E-state index contributed by atoms with van der Waals surface area (Å²) in [5, 5.41) is 5.01. The van der Waals surface area contributed by atoms with E-state index in [9.17, 15) is 14.0 Å². The van der Waals surface area contributed by atoms with E-state index < -0.39 is 5.82 Å². The lowest BCUT2D eigenvalue weighted by molar-refractivity contribution is -0.118. The van der Waals surface area contributed by atoms with Gasteiger partial charge in [-0.25, -0.2) is 14.8 Å². The molecule has 1 aliphatic rings. The van der Waals surface area contributed by atoms with Gasteiger partial charge in [0.05, 0.1) is 23.0 Å². The number of nitrogens with zero attached hydrogens (tertiary/aromatic N) is 3. The van der Waals surface area contributed by atoms with Crippen molar-refractivity contribution in [2.75, 3.05) is 5.75 Å². The molecule has 0 saturated heterocycles.